The maximum atomic E-state index is 13.5. The van der Waals surface area contributed by atoms with Gasteiger partial charge in [0.05, 0.1) is 23.7 Å². The first-order valence-corrected chi connectivity index (χ1v) is 12.3. The van der Waals surface area contributed by atoms with Crippen LogP contribution in [0.4, 0.5) is 5.69 Å². The van der Waals surface area contributed by atoms with Crippen molar-refractivity contribution in [2.45, 2.75) is 31.2 Å². The summed E-state index contributed by atoms with van der Waals surface area (Å²) in [6, 6.07) is 24.3. The molecule has 1 atom stereocenters. The van der Waals surface area contributed by atoms with Gasteiger partial charge in [-0.2, -0.15) is 0 Å². The lowest BCUT2D eigenvalue weighted by Gasteiger charge is -2.27. The summed E-state index contributed by atoms with van der Waals surface area (Å²) >= 11 is 0. The minimum absolute atomic E-state index is 0.113. The molecule has 0 heterocycles. The van der Waals surface area contributed by atoms with Gasteiger partial charge in [0.1, 0.15) is 12.3 Å². The van der Waals surface area contributed by atoms with E-state index in [1.807, 2.05) is 30.3 Å². The van der Waals surface area contributed by atoms with Gasteiger partial charge in [0.25, 0.3) is 10.0 Å². The number of rotatable bonds is 10. The summed E-state index contributed by atoms with van der Waals surface area (Å²) < 4.78 is 33.4. The van der Waals surface area contributed by atoms with E-state index < -0.39 is 10.0 Å². The molecule has 3 aromatic carbocycles. The number of hydrogen-bond donors (Lipinski definition) is 1. The molecule has 0 saturated carbocycles. The van der Waals surface area contributed by atoms with E-state index in [0.29, 0.717) is 17.4 Å². The molecule has 1 N–H and O–H groups in total. The topological polar surface area (TPSA) is 75.7 Å². The zero-order chi connectivity index (χ0) is 23.8. The van der Waals surface area contributed by atoms with Gasteiger partial charge in [-0.15, -0.1) is 0 Å². The highest BCUT2D eigenvalue weighted by Gasteiger charge is 2.28. The Labute approximate surface area is 196 Å². The number of hydrogen-bond acceptors (Lipinski definition) is 4. The summed E-state index contributed by atoms with van der Waals surface area (Å²) in [5.74, 6) is 0.466. The molecule has 33 heavy (non-hydrogen) atoms. The second-order valence-corrected chi connectivity index (χ2v) is 10.0. The first-order valence-electron chi connectivity index (χ1n) is 10.9. The minimum Gasteiger partial charge on any atom is -0.497 e. The maximum Gasteiger partial charge on any atom is 0.264 e. The predicted octanol–water partition coefficient (Wildman–Crippen LogP) is 4.79. The normalized spacial score (nSPS) is 12.2. The van der Waals surface area contributed by atoms with Crippen molar-refractivity contribution >= 4 is 21.6 Å². The van der Waals surface area contributed by atoms with Crippen LogP contribution in [0.3, 0.4) is 0 Å². The highest BCUT2D eigenvalue weighted by atomic mass is 32.2. The number of amides is 1. The standard InChI is InChI=1S/C26H30N2O4S/c1-20(2)17-25(21-11-6-4-7-12-21)27-26(29)19-28(22-13-10-14-23(18-22)32-3)33(30,31)24-15-8-5-9-16-24/h4-16,18,20,25H,17,19H2,1-3H3,(H,27,29)/t25-/m1/s1. The molecule has 0 saturated heterocycles. The molecule has 0 bridgehead atoms. The molecule has 0 aliphatic rings. The number of nitrogens with one attached hydrogen (secondary N) is 1. The Kier molecular flexibility index (Phi) is 8.11. The zero-order valence-electron chi connectivity index (χ0n) is 19.1. The van der Waals surface area contributed by atoms with Gasteiger partial charge >= 0.3 is 0 Å². The molecule has 6 nitrogen and oxygen atoms in total. The van der Waals surface area contributed by atoms with Gasteiger partial charge in [0.2, 0.25) is 5.91 Å². The largest absolute Gasteiger partial charge is 0.497 e. The Hall–Kier alpha value is -3.32. The van der Waals surface area contributed by atoms with Gasteiger partial charge in [-0.3, -0.25) is 9.10 Å². The Morgan fingerprint density at radius 2 is 1.58 bits per heavy atom. The zero-order valence-corrected chi connectivity index (χ0v) is 20.0. The van der Waals surface area contributed by atoms with Gasteiger partial charge in [0.15, 0.2) is 0 Å². The first-order chi connectivity index (χ1) is 15.8. The molecule has 0 radical (unpaired) electrons. The first kappa shape index (κ1) is 24.3. The minimum atomic E-state index is -3.98. The fourth-order valence-corrected chi connectivity index (χ4v) is 5.04. The number of carbonyl (C=O) groups is 1. The lowest BCUT2D eigenvalue weighted by molar-refractivity contribution is -0.120. The number of benzene rings is 3. The van der Waals surface area contributed by atoms with Crippen molar-refractivity contribution in [2.24, 2.45) is 5.92 Å². The third-order valence-corrected chi connectivity index (χ3v) is 6.99. The second-order valence-electron chi connectivity index (χ2n) is 8.19. The quantitative estimate of drug-likeness (QED) is 0.466. The molecule has 0 spiro atoms. The monoisotopic (exact) mass is 466 g/mol. The number of sulfonamides is 1. The summed E-state index contributed by atoms with van der Waals surface area (Å²) in [5, 5.41) is 3.04. The second kappa shape index (κ2) is 11.0. The third-order valence-electron chi connectivity index (χ3n) is 5.20. The van der Waals surface area contributed by atoms with Crippen LogP contribution in [0.1, 0.15) is 31.9 Å². The van der Waals surface area contributed by atoms with Crippen LogP contribution in [-0.2, 0) is 14.8 Å². The Bertz CT molecular complexity index is 1150. The van der Waals surface area contributed by atoms with Crippen molar-refractivity contribution in [1.82, 2.24) is 5.32 Å². The lowest BCUT2D eigenvalue weighted by Crippen LogP contribution is -2.42. The van der Waals surface area contributed by atoms with Gasteiger partial charge in [-0.05, 0) is 42.2 Å². The van der Waals surface area contributed by atoms with Crippen molar-refractivity contribution in [3.63, 3.8) is 0 Å². The van der Waals surface area contributed by atoms with E-state index in [0.717, 1.165) is 16.3 Å². The molecule has 1 amide bonds. The fraction of sp³-hybridized carbons (Fsp3) is 0.269. The highest BCUT2D eigenvalue weighted by molar-refractivity contribution is 7.92. The summed E-state index contributed by atoms with van der Waals surface area (Å²) in [7, 11) is -2.47. The van der Waals surface area contributed by atoms with E-state index in [1.54, 1.807) is 42.5 Å². The fourth-order valence-electron chi connectivity index (χ4n) is 3.61. The van der Waals surface area contributed by atoms with Crippen LogP contribution in [0.15, 0.2) is 89.8 Å². The van der Waals surface area contributed by atoms with Crippen molar-refractivity contribution in [3.8, 4) is 5.75 Å². The van der Waals surface area contributed by atoms with Crippen LogP contribution in [0.25, 0.3) is 0 Å². The molecule has 0 aromatic heterocycles. The van der Waals surface area contributed by atoms with Gasteiger partial charge < -0.3 is 10.1 Å². The molecule has 174 valence electrons. The SMILES string of the molecule is COc1cccc(N(CC(=O)N[C@H](CC(C)C)c2ccccc2)S(=O)(=O)c2ccccc2)c1. The molecular weight excluding hydrogens is 436 g/mol. The highest BCUT2D eigenvalue weighted by Crippen LogP contribution is 2.27. The van der Waals surface area contributed by atoms with Crippen molar-refractivity contribution in [2.75, 3.05) is 18.0 Å². The number of carbonyl (C=O) groups excluding carboxylic acids is 1. The lowest BCUT2D eigenvalue weighted by atomic mass is 9.97. The molecular formula is C26H30N2O4S. The molecule has 7 heteroatoms. The maximum absolute atomic E-state index is 13.5. The van der Waals surface area contributed by atoms with Gasteiger partial charge in [0, 0.05) is 6.07 Å². The summed E-state index contributed by atoms with van der Waals surface area (Å²) in [5.41, 5.74) is 1.34. The van der Waals surface area contributed by atoms with Gasteiger partial charge in [-0.1, -0.05) is 68.4 Å². The average Bonchev–Trinajstić information content (AvgIpc) is 2.83. The van der Waals surface area contributed by atoms with Crippen molar-refractivity contribution < 1.29 is 17.9 Å². The summed E-state index contributed by atoms with van der Waals surface area (Å²) in [6.07, 6.45) is 0.736. The van der Waals surface area contributed by atoms with Crippen molar-refractivity contribution in [3.05, 3.63) is 90.5 Å². The smallest absolute Gasteiger partial charge is 0.264 e. The Morgan fingerprint density at radius 1 is 0.939 bits per heavy atom. The number of anilines is 1. The van der Waals surface area contributed by atoms with Crippen LogP contribution in [0.2, 0.25) is 0 Å². The Morgan fingerprint density at radius 3 is 2.18 bits per heavy atom. The van der Waals surface area contributed by atoms with Crippen LogP contribution in [0, 0.1) is 5.92 Å². The van der Waals surface area contributed by atoms with E-state index in [9.17, 15) is 13.2 Å². The van der Waals surface area contributed by atoms with E-state index in [-0.39, 0.29) is 23.4 Å². The van der Waals surface area contributed by atoms with E-state index >= 15 is 0 Å². The Balaban J connectivity index is 1.93. The number of ether oxygens (including phenoxy) is 1. The molecule has 0 fully saturated rings. The van der Waals surface area contributed by atoms with Crippen LogP contribution in [0.5, 0.6) is 5.75 Å². The molecule has 0 aliphatic heterocycles. The summed E-state index contributed by atoms with van der Waals surface area (Å²) in [4.78, 5) is 13.3. The van der Waals surface area contributed by atoms with Crippen molar-refractivity contribution in [1.29, 1.82) is 0 Å². The van der Waals surface area contributed by atoms with E-state index in [4.69, 9.17) is 4.74 Å². The predicted molar refractivity (Wildman–Crippen MR) is 131 cm³/mol. The molecule has 3 rings (SSSR count). The van der Waals surface area contributed by atoms with Crippen LogP contribution in [-0.4, -0.2) is 28.0 Å². The summed E-state index contributed by atoms with van der Waals surface area (Å²) in [6.45, 7) is 3.82. The molecule has 0 aliphatic carbocycles. The van der Waals surface area contributed by atoms with Gasteiger partial charge in [-0.25, -0.2) is 8.42 Å². The number of nitrogens with zero attached hydrogens (tertiary/aromatic N) is 1. The van der Waals surface area contributed by atoms with Crippen LogP contribution < -0.4 is 14.4 Å². The van der Waals surface area contributed by atoms with Crippen LogP contribution >= 0.6 is 0 Å². The third kappa shape index (κ3) is 6.35. The molecule has 3 aromatic rings. The molecule has 0 unspecified atom stereocenters. The average molecular weight is 467 g/mol. The van der Waals surface area contributed by atoms with E-state index in [1.165, 1.54) is 19.2 Å². The number of methoxy groups -OCH3 is 1. The van der Waals surface area contributed by atoms with E-state index in [2.05, 4.69) is 19.2 Å².